The van der Waals surface area contributed by atoms with Crippen LogP contribution >= 0.6 is 0 Å². The predicted molar refractivity (Wildman–Crippen MR) is 63.6 cm³/mol. The predicted octanol–water partition coefficient (Wildman–Crippen LogP) is 0.628. The first-order valence-corrected chi connectivity index (χ1v) is 5.84. The first-order valence-electron chi connectivity index (χ1n) is 5.84. The fraction of sp³-hybridized carbons (Fsp3) is 0.667. The van der Waals surface area contributed by atoms with E-state index in [1.165, 1.54) is 5.56 Å². The average Bonchev–Trinajstić information content (AvgIpc) is 2.85. The molecule has 0 radical (unpaired) electrons. The molecule has 1 aliphatic rings. The van der Waals surface area contributed by atoms with E-state index in [0.29, 0.717) is 18.4 Å². The fourth-order valence-corrected chi connectivity index (χ4v) is 2.52. The summed E-state index contributed by atoms with van der Waals surface area (Å²) in [4.78, 5) is 13.3. The molecule has 0 saturated carbocycles. The maximum absolute atomic E-state index is 11.4. The molecule has 1 fully saturated rings. The highest BCUT2D eigenvalue weighted by atomic mass is 16.5. The van der Waals surface area contributed by atoms with Crippen LogP contribution < -0.4 is 0 Å². The van der Waals surface area contributed by atoms with E-state index in [4.69, 9.17) is 4.74 Å². The molecule has 1 aromatic heterocycles. The van der Waals surface area contributed by atoms with Gasteiger partial charge in [-0.1, -0.05) is 0 Å². The van der Waals surface area contributed by atoms with E-state index in [1.54, 1.807) is 18.7 Å². The van der Waals surface area contributed by atoms with Gasteiger partial charge in [0.05, 0.1) is 12.8 Å². The minimum absolute atomic E-state index is 0.137. The number of amides is 1. The summed E-state index contributed by atoms with van der Waals surface area (Å²) >= 11 is 0. The van der Waals surface area contributed by atoms with E-state index in [-0.39, 0.29) is 5.91 Å². The molecule has 94 valence electrons. The maximum Gasteiger partial charge on any atom is 0.219 e. The van der Waals surface area contributed by atoms with Gasteiger partial charge in [-0.2, -0.15) is 5.10 Å². The molecular weight excluding hydrogens is 218 g/mol. The molecular formula is C12H19N3O2. The molecule has 2 rings (SSSR count). The number of nitrogens with zero attached hydrogens (tertiary/aromatic N) is 3. The summed E-state index contributed by atoms with van der Waals surface area (Å²) < 4.78 is 7.05. The minimum Gasteiger partial charge on any atom is -0.384 e. The highest BCUT2D eigenvalue weighted by Crippen LogP contribution is 2.32. The van der Waals surface area contributed by atoms with Crippen molar-refractivity contribution in [2.24, 2.45) is 13.0 Å². The summed E-state index contributed by atoms with van der Waals surface area (Å²) in [5.41, 5.74) is 1.19. The molecule has 0 aromatic carbocycles. The fourth-order valence-electron chi connectivity index (χ4n) is 2.52. The van der Waals surface area contributed by atoms with Crippen molar-refractivity contribution >= 4 is 5.91 Å². The largest absolute Gasteiger partial charge is 0.384 e. The molecule has 2 atom stereocenters. The second-order valence-electron chi connectivity index (χ2n) is 4.69. The molecule has 1 saturated heterocycles. The zero-order valence-electron chi connectivity index (χ0n) is 10.6. The van der Waals surface area contributed by atoms with E-state index < -0.39 is 0 Å². The van der Waals surface area contributed by atoms with Gasteiger partial charge in [-0.25, -0.2) is 0 Å². The Hall–Kier alpha value is -1.36. The number of likely N-dealkylation sites (tertiary alicyclic amines) is 1. The number of methoxy groups -OCH3 is 1. The maximum atomic E-state index is 11.4. The number of aryl methyl sites for hydroxylation is 1. The topological polar surface area (TPSA) is 47.4 Å². The third kappa shape index (κ3) is 2.49. The number of hydrogen-bond donors (Lipinski definition) is 0. The van der Waals surface area contributed by atoms with Crippen molar-refractivity contribution in [2.45, 2.75) is 12.8 Å². The Labute approximate surface area is 101 Å². The minimum atomic E-state index is 0.137. The summed E-state index contributed by atoms with van der Waals surface area (Å²) in [5, 5.41) is 4.20. The molecule has 0 N–H and O–H groups in total. The van der Waals surface area contributed by atoms with Crippen molar-refractivity contribution in [3.63, 3.8) is 0 Å². The molecule has 5 nitrogen and oxygen atoms in total. The van der Waals surface area contributed by atoms with Crippen LogP contribution in [0.25, 0.3) is 0 Å². The van der Waals surface area contributed by atoms with Crippen molar-refractivity contribution in [3.8, 4) is 0 Å². The van der Waals surface area contributed by atoms with Gasteiger partial charge < -0.3 is 9.64 Å². The van der Waals surface area contributed by atoms with Gasteiger partial charge in [0.25, 0.3) is 0 Å². The van der Waals surface area contributed by atoms with Crippen LogP contribution in [0.4, 0.5) is 0 Å². The molecule has 0 unspecified atom stereocenters. The lowest BCUT2D eigenvalue weighted by Crippen LogP contribution is -2.26. The summed E-state index contributed by atoms with van der Waals surface area (Å²) in [7, 11) is 3.61. The molecule has 17 heavy (non-hydrogen) atoms. The monoisotopic (exact) mass is 237 g/mol. The number of carbonyl (C=O) groups is 1. The Bertz CT molecular complexity index is 402. The van der Waals surface area contributed by atoms with E-state index >= 15 is 0 Å². The van der Waals surface area contributed by atoms with Gasteiger partial charge in [0, 0.05) is 52.2 Å². The third-order valence-electron chi connectivity index (χ3n) is 3.42. The molecule has 0 aliphatic carbocycles. The van der Waals surface area contributed by atoms with Gasteiger partial charge in [-0.3, -0.25) is 9.48 Å². The first-order chi connectivity index (χ1) is 8.11. The number of hydrogen-bond acceptors (Lipinski definition) is 3. The van der Waals surface area contributed by atoms with Gasteiger partial charge in [-0.15, -0.1) is 0 Å². The Morgan fingerprint density at radius 2 is 2.35 bits per heavy atom. The van der Waals surface area contributed by atoms with Crippen LogP contribution in [0.2, 0.25) is 0 Å². The van der Waals surface area contributed by atoms with Crippen molar-refractivity contribution in [1.29, 1.82) is 0 Å². The van der Waals surface area contributed by atoms with E-state index in [2.05, 4.69) is 5.10 Å². The highest BCUT2D eigenvalue weighted by molar-refractivity contribution is 5.73. The van der Waals surface area contributed by atoms with Gasteiger partial charge >= 0.3 is 0 Å². The second kappa shape index (κ2) is 4.87. The summed E-state index contributed by atoms with van der Waals surface area (Å²) in [6, 6.07) is 0. The summed E-state index contributed by atoms with van der Waals surface area (Å²) in [5.74, 6) is 0.846. The van der Waals surface area contributed by atoms with E-state index in [9.17, 15) is 4.79 Å². The van der Waals surface area contributed by atoms with Crippen LogP contribution in [0.3, 0.4) is 0 Å². The second-order valence-corrected chi connectivity index (χ2v) is 4.69. The van der Waals surface area contributed by atoms with Crippen molar-refractivity contribution in [1.82, 2.24) is 14.7 Å². The molecule has 0 spiro atoms. The van der Waals surface area contributed by atoms with Crippen LogP contribution in [0.5, 0.6) is 0 Å². The number of aromatic nitrogens is 2. The molecule has 0 bridgehead atoms. The Morgan fingerprint density at radius 1 is 1.59 bits per heavy atom. The van der Waals surface area contributed by atoms with E-state index in [0.717, 1.165) is 13.1 Å². The SMILES string of the molecule is COC[C@@H]1CN(C(C)=O)C[C@H]1c1cnn(C)c1. The highest BCUT2D eigenvalue weighted by Gasteiger charge is 2.35. The molecule has 1 aromatic rings. The van der Waals surface area contributed by atoms with Crippen molar-refractivity contribution in [3.05, 3.63) is 18.0 Å². The van der Waals surface area contributed by atoms with Crippen LogP contribution in [-0.2, 0) is 16.6 Å². The zero-order chi connectivity index (χ0) is 12.4. The lowest BCUT2D eigenvalue weighted by Gasteiger charge is -2.15. The van der Waals surface area contributed by atoms with E-state index in [1.807, 2.05) is 24.3 Å². The average molecular weight is 237 g/mol. The normalized spacial score (nSPS) is 24.3. The third-order valence-corrected chi connectivity index (χ3v) is 3.42. The van der Waals surface area contributed by atoms with Gasteiger partial charge in [0.1, 0.15) is 0 Å². The standard InChI is InChI=1S/C12H19N3O2/c1-9(16)15-6-11(8-17-3)12(7-15)10-4-13-14(2)5-10/h4-5,11-12H,6-8H2,1-3H3/t11-,12-/m0/s1. The molecule has 1 aliphatic heterocycles. The van der Waals surface area contributed by atoms with Crippen LogP contribution in [0, 0.1) is 5.92 Å². The lowest BCUT2D eigenvalue weighted by molar-refractivity contribution is -0.128. The first kappa shape index (κ1) is 12.1. The Balaban J connectivity index is 2.16. The van der Waals surface area contributed by atoms with Gasteiger partial charge in [0.2, 0.25) is 5.91 Å². The summed E-state index contributed by atoms with van der Waals surface area (Å²) in [6.45, 7) is 3.86. The van der Waals surface area contributed by atoms with Crippen molar-refractivity contribution in [2.75, 3.05) is 26.8 Å². The zero-order valence-corrected chi connectivity index (χ0v) is 10.6. The number of carbonyl (C=O) groups excluding carboxylic acids is 1. The Kier molecular flexibility index (Phi) is 3.47. The smallest absolute Gasteiger partial charge is 0.219 e. The van der Waals surface area contributed by atoms with Gasteiger partial charge in [-0.05, 0) is 5.56 Å². The molecule has 2 heterocycles. The summed E-state index contributed by atoms with van der Waals surface area (Å²) in [6.07, 6.45) is 3.91. The van der Waals surface area contributed by atoms with Gasteiger partial charge in [0.15, 0.2) is 0 Å². The quantitative estimate of drug-likeness (QED) is 0.774. The molecule has 5 heteroatoms. The van der Waals surface area contributed by atoms with Crippen LogP contribution in [0.15, 0.2) is 12.4 Å². The number of rotatable bonds is 3. The lowest BCUT2D eigenvalue weighted by atomic mass is 9.92. The Morgan fingerprint density at radius 3 is 2.88 bits per heavy atom. The van der Waals surface area contributed by atoms with Crippen LogP contribution in [-0.4, -0.2) is 47.4 Å². The van der Waals surface area contributed by atoms with Crippen molar-refractivity contribution < 1.29 is 9.53 Å². The van der Waals surface area contributed by atoms with Crippen LogP contribution in [0.1, 0.15) is 18.4 Å². The molecule has 1 amide bonds. The number of ether oxygens (including phenoxy) is 1.